The molecule has 0 amide bonds. The summed E-state index contributed by atoms with van der Waals surface area (Å²) in [5.41, 5.74) is 0. The minimum Gasteiger partial charge on any atom is -0.301 e. The van der Waals surface area contributed by atoms with Crippen LogP contribution in [-0.4, -0.2) is 91.6 Å². The molecule has 1 aliphatic rings. The molecular weight excluding hydrogens is 236 g/mol. The van der Waals surface area contributed by atoms with Gasteiger partial charge in [0.2, 0.25) is 0 Å². The predicted octanol–water partition coefficient (Wildman–Crippen LogP) is 0.936. The lowest BCUT2D eigenvalue weighted by Gasteiger charge is -2.32. The molecule has 1 fully saturated rings. The van der Waals surface area contributed by atoms with Crippen molar-refractivity contribution >= 4 is 0 Å². The first-order chi connectivity index (χ1) is 9.19. The van der Waals surface area contributed by atoms with E-state index in [1.165, 1.54) is 13.1 Å². The van der Waals surface area contributed by atoms with E-state index in [-0.39, 0.29) is 0 Å². The van der Waals surface area contributed by atoms with Crippen molar-refractivity contribution in [2.75, 3.05) is 72.0 Å². The molecule has 112 valence electrons. The van der Waals surface area contributed by atoms with Gasteiger partial charge in [0, 0.05) is 59.4 Å². The second kappa shape index (κ2) is 9.70. The Kier molecular flexibility index (Phi) is 8.62. The zero-order valence-electron chi connectivity index (χ0n) is 13.1. The molecule has 0 aromatic rings. The highest BCUT2D eigenvalue weighted by Crippen LogP contribution is 1.99. The quantitative estimate of drug-likeness (QED) is 0.755. The van der Waals surface area contributed by atoms with E-state index >= 15 is 0 Å². The van der Waals surface area contributed by atoms with Crippen molar-refractivity contribution in [2.24, 2.45) is 0 Å². The topological polar surface area (TPSA) is 13.0 Å². The number of likely N-dealkylation sites (N-methyl/N-ethyl adjacent to an activating group) is 3. The van der Waals surface area contributed by atoms with Gasteiger partial charge in [-0.25, -0.2) is 0 Å². The second-order valence-corrected chi connectivity index (χ2v) is 5.34. The summed E-state index contributed by atoms with van der Waals surface area (Å²) in [5, 5.41) is 0. The Morgan fingerprint density at radius 3 is 1.11 bits per heavy atom. The van der Waals surface area contributed by atoms with Gasteiger partial charge in [0.05, 0.1) is 0 Å². The average Bonchev–Trinajstić information content (AvgIpc) is 2.43. The van der Waals surface area contributed by atoms with E-state index in [0.717, 1.165) is 58.9 Å². The average molecular weight is 268 g/mol. The van der Waals surface area contributed by atoms with Gasteiger partial charge in [0.1, 0.15) is 0 Å². The van der Waals surface area contributed by atoms with Crippen LogP contribution in [0.3, 0.4) is 0 Å². The Labute approximate surface area is 120 Å². The fourth-order valence-electron chi connectivity index (χ4n) is 2.50. The van der Waals surface area contributed by atoms with E-state index in [0.29, 0.717) is 0 Å². The molecular formula is C15H32N4. The van der Waals surface area contributed by atoms with Gasteiger partial charge in [-0.05, 0) is 19.6 Å². The summed E-state index contributed by atoms with van der Waals surface area (Å²) in [6.45, 7) is 18.9. The predicted molar refractivity (Wildman–Crippen MR) is 82.2 cm³/mol. The van der Waals surface area contributed by atoms with Gasteiger partial charge in [-0.15, -0.1) is 0 Å². The largest absolute Gasteiger partial charge is 0.301 e. The lowest BCUT2D eigenvalue weighted by Crippen LogP contribution is -2.44. The molecule has 0 aromatic heterocycles. The first-order valence-electron chi connectivity index (χ1n) is 7.86. The van der Waals surface area contributed by atoms with E-state index < -0.39 is 0 Å². The Morgan fingerprint density at radius 1 is 0.579 bits per heavy atom. The van der Waals surface area contributed by atoms with Crippen LogP contribution in [0, 0.1) is 7.05 Å². The standard InChI is InChI=1S/C15H32N4/c1-5-17-10-8-16(4)9-11-18(6-2)13-15-19(7-3)14-12-17/h4H,5-15H2,1-3H3. The molecule has 1 rings (SSSR count). The summed E-state index contributed by atoms with van der Waals surface area (Å²) in [6, 6.07) is 0. The number of rotatable bonds is 3. The van der Waals surface area contributed by atoms with Crippen molar-refractivity contribution in [1.82, 2.24) is 19.6 Å². The maximum atomic E-state index is 6.07. The van der Waals surface area contributed by atoms with Crippen LogP contribution in [0.4, 0.5) is 0 Å². The molecule has 4 heteroatoms. The molecule has 0 bridgehead atoms. The lowest BCUT2D eigenvalue weighted by molar-refractivity contribution is 0.156. The molecule has 4 nitrogen and oxygen atoms in total. The molecule has 19 heavy (non-hydrogen) atoms. The van der Waals surface area contributed by atoms with Gasteiger partial charge in [0.25, 0.3) is 0 Å². The number of hydrogen-bond donors (Lipinski definition) is 0. The Morgan fingerprint density at radius 2 is 0.842 bits per heavy atom. The van der Waals surface area contributed by atoms with E-state index in [2.05, 4.69) is 35.5 Å². The van der Waals surface area contributed by atoms with Gasteiger partial charge in [0.15, 0.2) is 0 Å². The fraction of sp³-hybridized carbons (Fsp3) is 0.933. The molecule has 1 aliphatic heterocycles. The second-order valence-electron chi connectivity index (χ2n) is 5.34. The Bertz CT molecular complexity index is 202. The fourth-order valence-corrected chi connectivity index (χ4v) is 2.50. The van der Waals surface area contributed by atoms with Gasteiger partial charge in [-0.2, -0.15) is 0 Å². The van der Waals surface area contributed by atoms with Crippen LogP contribution in [0.15, 0.2) is 0 Å². The lowest BCUT2D eigenvalue weighted by atomic mass is 10.3. The van der Waals surface area contributed by atoms with Crippen LogP contribution >= 0.6 is 0 Å². The molecule has 0 aromatic carbocycles. The highest BCUT2D eigenvalue weighted by molar-refractivity contribution is 4.69. The van der Waals surface area contributed by atoms with E-state index in [4.69, 9.17) is 7.05 Å². The minimum atomic E-state index is 0.970. The van der Waals surface area contributed by atoms with Gasteiger partial charge < -0.3 is 14.7 Å². The third kappa shape index (κ3) is 6.70. The summed E-state index contributed by atoms with van der Waals surface area (Å²) in [4.78, 5) is 9.54. The third-order valence-corrected chi connectivity index (χ3v) is 4.21. The van der Waals surface area contributed by atoms with Gasteiger partial charge in [-0.1, -0.05) is 20.8 Å². The molecule has 0 N–H and O–H groups in total. The monoisotopic (exact) mass is 268 g/mol. The zero-order valence-corrected chi connectivity index (χ0v) is 13.1. The highest BCUT2D eigenvalue weighted by Gasteiger charge is 2.12. The minimum absolute atomic E-state index is 0.970. The molecule has 0 saturated carbocycles. The van der Waals surface area contributed by atoms with Crippen LogP contribution in [-0.2, 0) is 0 Å². The number of hydrogen-bond acceptors (Lipinski definition) is 4. The summed E-state index contributed by atoms with van der Waals surface area (Å²) in [6.07, 6.45) is 0. The highest BCUT2D eigenvalue weighted by atomic mass is 15.3. The van der Waals surface area contributed by atoms with Crippen LogP contribution in [0.2, 0.25) is 0 Å². The van der Waals surface area contributed by atoms with Gasteiger partial charge in [-0.3, -0.25) is 4.90 Å². The molecule has 2 radical (unpaired) electrons. The molecule has 0 spiro atoms. The van der Waals surface area contributed by atoms with Gasteiger partial charge >= 0.3 is 0 Å². The first-order valence-corrected chi connectivity index (χ1v) is 7.86. The van der Waals surface area contributed by atoms with E-state index in [1.807, 2.05) is 4.90 Å². The summed E-state index contributed by atoms with van der Waals surface area (Å²) in [5.74, 6) is 0. The Balaban J connectivity index is 2.53. The number of nitrogens with zero attached hydrogens (tertiary/aromatic N) is 4. The summed E-state index contributed by atoms with van der Waals surface area (Å²) >= 11 is 0. The smallest absolute Gasteiger partial charge is 0.0439 e. The third-order valence-electron chi connectivity index (χ3n) is 4.21. The molecule has 1 heterocycles. The molecule has 1 saturated heterocycles. The first kappa shape index (κ1) is 16.9. The SMILES string of the molecule is [CH]N1CCN(CC)CCN(CC)CCN(CC)CC1. The van der Waals surface area contributed by atoms with Crippen molar-refractivity contribution in [1.29, 1.82) is 0 Å². The summed E-state index contributed by atoms with van der Waals surface area (Å²) < 4.78 is 0. The van der Waals surface area contributed by atoms with Crippen molar-refractivity contribution in [3.63, 3.8) is 0 Å². The normalized spacial score (nSPS) is 24.0. The van der Waals surface area contributed by atoms with Crippen molar-refractivity contribution < 1.29 is 0 Å². The van der Waals surface area contributed by atoms with E-state index in [9.17, 15) is 0 Å². The van der Waals surface area contributed by atoms with Crippen molar-refractivity contribution in [3.8, 4) is 0 Å². The Hall–Kier alpha value is -0.160. The zero-order chi connectivity index (χ0) is 14.1. The maximum absolute atomic E-state index is 6.07. The van der Waals surface area contributed by atoms with Crippen LogP contribution < -0.4 is 0 Å². The van der Waals surface area contributed by atoms with Crippen LogP contribution in [0.1, 0.15) is 20.8 Å². The van der Waals surface area contributed by atoms with Crippen molar-refractivity contribution in [3.05, 3.63) is 7.05 Å². The van der Waals surface area contributed by atoms with Crippen LogP contribution in [0.5, 0.6) is 0 Å². The maximum Gasteiger partial charge on any atom is 0.0439 e. The molecule has 0 atom stereocenters. The van der Waals surface area contributed by atoms with Crippen molar-refractivity contribution in [2.45, 2.75) is 20.8 Å². The van der Waals surface area contributed by atoms with E-state index in [1.54, 1.807) is 0 Å². The molecule has 0 unspecified atom stereocenters. The molecule has 0 aliphatic carbocycles. The summed E-state index contributed by atoms with van der Waals surface area (Å²) in [7, 11) is 6.07. The van der Waals surface area contributed by atoms with Crippen LogP contribution in [0.25, 0.3) is 0 Å².